The molecule has 1 heterocycles. The molecule has 1 fully saturated rings. The molecule has 92 valence electrons. The first kappa shape index (κ1) is 12.3. The molecule has 4 heteroatoms. The van der Waals surface area contributed by atoms with Gasteiger partial charge in [0, 0.05) is 19.1 Å². The average Bonchev–Trinajstić information content (AvgIpc) is 3.05. The molecule has 0 atom stereocenters. The van der Waals surface area contributed by atoms with Gasteiger partial charge in [0.25, 0.3) is 0 Å². The molecular formula is C13H18N2OS. The molecule has 1 amide bonds. The Labute approximate surface area is 106 Å². The molecule has 0 saturated heterocycles. The summed E-state index contributed by atoms with van der Waals surface area (Å²) in [5.74, 6) is 0.0898. The van der Waals surface area contributed by atoms with Crippen LogP contribution in [0.15, 0.2) is 29.5 Å². The summed E-state index contributed by atoms with van der Waals surface area (Å²) in [6.07, 6.45) is 4.15. The molecular weight excluding hydrogens is 232 g/mol. The molecule has 3 nitrogen and oxygen atoms in total. The summed E-state index contributed by atoms with van der Waals surface area (Å²) in [6, 6.07) is 2.73. The monoisotopic (exact) mass is 250 g/mol. The van der Waals surface area contributed by atoms with Gasteiger partial charge in [-0.3, -0.25) is 9.69 Å². The predicted molar refractivity (Wildman–Crippen MR) is 71.0 cm³/mol. The smallest absolute Gasteiger partial charge is 0.234 e. The Balaban J connectivity index is 1.84. The fourth-order valence-corrected chi connectivity index (χ4v) is 2.46. The van der Waals surface area contributed by atoms with Crippen molar-refractivity contribution >= 4 is 17.2 Å². The molecule has 0 unspecified atom stereocenters. The van der Waals surface area contributed by atoms with E-state index >= 15 is 0 Å². The van der Waals surface area contributed by atoms with E-state index in [1.807, 2.05) is 0 Å². The van der Waals surface area contributed by atoms with E-state index in [0.29, 0.717) is 19.1 Å². The fraction of sp³-hybridized carbons (Fsp3) is 0.462. The van der Waals surface area contributed by atoms with Gasteiger partial charge < -0.3 is 5.32 Å². The van der Waals surface area contributed by atoms with Gasteiger partial charge in [0.15, 0.2) is 0 Å². The molecule has 1 saturated carbocycles. The second-order valence-corrected chi connectivity index (χ2v) is 5.14. The van der Waals surface area contributed by atoms with E-state index in [0.717, 1.165) is 6.54 Å². The highest BCUT2D eigenvalue weighted by Gasteiger charge is 2.30. The number of rotatable bonds is 7. The Morgan fingerprint density at radius 1 is 1.65 bits per heavy atom. The van der Waals surface area contributed by atoms with Gasteiger partial charge in [-0.05, 0) is 35.2 Å². The molecule has 1 aliphatic carbocycles. The number of hydrogen-bond acceptors (Lipinski definition) is 3. The number of carbonyl (C=O) groups excluding carboxylic acids is 1. The Morgan fingerprint density at radius 2 is 2.47 bits per heavy atom. The van der Waals surface area contributed by atoms with Crippen LogP contribution in [0.2, 0.25) is 0 Å². The number of thiophene rings is 1. The summed E-state index contributed by atoms with van der Waals surface area (Å²) in [5.41, 5.74) is 1.30. The summed E-state index contributed by atoms with van der Waals surface area (Å²) in [6.45, 7) is 5.52. The van der Waals surface area contributed by atoms with Crippen LogP contribution in [-0.2, 0) is 11.3 Å². The van der Waals surface area contributed by atoms with Gasteiger partial charge in [-0.15, -0.1) is 6.58 Å². The molecule has 0 bridgehead atoms. The van der Waals surface area contributed by atoms with Crippen LogP contribution in [0.25, 0.3) is 0 Å². The number of hydrogen-bond donors (Lipinski definition) is 1. The van der Waals surface area contributed by atoms with Crippen LogP contribution in [-0.4, -0.2) is 29.9 Å². The quantitative estimate of drug-likeness (QED) is 0.751. The van der Waals surface area contributed by atoms with E-state index in [4.69, 9.17) is 0 Å². The SMILES string of the molecule is C=CCNC(=O)CN(Cc1ccsc1)C1CC1. The highest BCUT2D eigenvalue weighted by Crippen LogP contribution is 2.28. The standard InChI is InChI=1S/C13H18N2OS/c1-2-6-14-13(16)9-15(12-3-4-12)8-11-5-7-17-10-11/h2,5,7,10,12H,1,3-4,6,8-9H2,(H,14,16). The van der Waals surface area contributed by atoms with Crippen LogP contribution in [0.1, 0.15) is 18.4 Å². The highest BCUT2D eigenvalue weighted by atomic mass is 32.1. The van der Waals surface area contributed by atoms with Crippen molar-refractivity contribution in [2.75, 3.05) is 13.1 Å². The van der Waals surface area contributed by atoms with Gasteiger partial charge in [0.1, 0.15) is 0 Å². The lowest BCUT2D eigenvalue weighted by Crippen LogP contribution is -2.38. The number of amides is 1. The maximum absolute atomic E-state index is 11.7. The Hall–Kier alpha value is -1.13. The zero-order valence-electron chi connectivity index (χ0n) is 9.89. The third kappa shape index (κ3) is 3.98. The van der Waals surface area contributed by atoms with Crippen molar-refractivity contribution in [1.82, 2.24) is 10.2 Å². The molecule has 0 aliphatic heterocycles. The largest absolute Gasteiger partial charge is 0.352 e. The Morgan fingerprint density at radius 3 is 3.06 bits per heavy atom. The third-order valence-corrected chi connectivity index (χ3v) is 3.55. The van der Waals surface area contributed by atoms with E-state index in [2.05, 4.69) is 33.6 Å². The first-order valence-corrected chi connectivity index (χ1v) is 6.86. The topological polar surface area (TPSA) is 32.3 Å². The summed E-state index contributed by atoms with van der Waals surface area (Å²) in [4.78, 5) is 13.9. The van der Waals surface area contributed by atoms with Crippen molar-refractivity contribution in [3.05, 3.63) is 35.0 Å². The van der Waals surface area contributed by atoms with Gasteiger partial charge >= 0.3 is 0 Å². The van der Waals surface area contributed by atoms with Crippen LogP contribution in [0.5, 0.6) is 0 Å². The normalized spacial score (nSPS) is 14.9. The summed E-state index contributed by atoms with van der Waals surface area (Å²) < 4.78 is 0. The molecule has 1 N–H and O–H groups in total. The van der Waals surface area contributed by atoms with E-state index in [1.165, 1.54) is 18.4 Å². The van der Waals surface area contributed by atoms with Crippen molar-refractivity contribution in [2.45, 2.75) is 25.4 Å². The molecule has 0 radical (unpaired) electrons. The lowest BCUT2D eigenvalue weighted by atomic mass is 10.3. The minimum atomic E-state index is 0.0898. The summed E-state index contributed by atoms with van der Waals surface area (Å²) >= 11 is 1.71. The van der Waals surface area contributed by atoms with Crippen molar-refractivity contribution in [2.24, 2.45) is 0 Å². The molecule has 2 rings (SSSR count). The van der Waals surface area contributed by atoms with Crippen LogP contribution < -0.4 is 5.32 Å². The van der Waals surface area contributed by atoms with Crippen molar-refractivity contribution in [1.29, 1.82) is 0 Å². The first-order valence-electron chi connectivity index (χ1n) is 5.92. The summed E-state index contributed by atoms with van der Waals surface area (Å²) in [5, 5.41) is 7.06. The maximum Gasteiger partial charge on any atom is 0.234 e. The predicted octanol–water partition coefficient (Wildman–Crippen LogP) is 2.01. The third-order valence-electron chi connectivity index (χ3n) is 2.82. The van der Waals surface area contributed by atoms with Crippen molar-refractivity contribution in [3.8, 4) is 0 Å². The average molecular weight is 250 g/mol. The number of nitrogens with zero attached hydrogens (tertiary/aromatic N) is 1. The molecule has 0 spiro atoms. The molecule has 1 aromatic rings. The molecule has 0 aromatic carbocycles. The molecule has 1 aromatic heterocycles. The number of nitrogens with one attached hydrogen (secondary N) is 1. The molecule has 1 aliphatic rings. The Kier molecular flexibility index (Phi) is 4.34. The van der Waals surface area contributed by atoms with E-state index in [9.17, 15) is 4.79 Å². The first-order chi connectivity index (χ1) is 8.29. The zero-order chi connectivity index (χ0) is 12.1. The van der Waals surface area contributed by atoms with E-state index in [1.54, 1.807) is 17.4 Å². The lowest BCUT2D eigenvalue weighted by Gasteiger charge is -2.20. The lowest BCUT2D eigenvalue weighted by molar-refractivity contribution is -0.122. The Bertz CT molecular complexity index is 371. The van der Waals surface area contributed by atoms with Gasteiger partial charge in [-0.1, -0.05) is 6.08 Å². The second-order valence-electron chi connectivity index (χ2n) is 4.36. The molecule has 17 heavy (non-hydrogen) atoms. The van der Waals surface area contributed by atoms with Crippen LogP contribution >= 0.6 is 11.3 Å². The van der Waals surface area contributed by atoms with Crippen LogP contribution in [0, 0.1) is 0 Å². The maximum atomic E-state index is 11.7. The van der Waals surface area contributed by atoms with Crippen LogP contribution in [0.4, 0.5) is 0 Å². The van der Waals surface area contributed by atoms with E-state index < -0.39 is 0 Å². The van der Waals surface area contributed by atoms with Gasteiger partial charge in [-0.2, -0.15) is 11.3 Å². The number of carbonyl (C=O) groups is 1. The van der Waals surface area contributed by atoms with Gasteiger partial charge in [-0.25, -0.2) is 0 Å². The minimum absolute atomic E-state index is 0.0898. The van der Waals surface area contributed by atoms with Crippen molar-refractivity contribution in [3.63, 3.8) is 0 Å². The second kappa shape index (κ2) is 5.98. The highest BCUT2D eigenvalue weighted by molar-refractivity contribution is 7.07. The van der Waals surface area contributed by atoms with E-state index in [-0.39, 0.29) is 5.91 Å². The fourth-order valence-electron chi connectivity index (χ4n) is 1.80. The zero-order valence-corrected chi connectivity index (χ0v) is 10.7. The van der Waals surface area contributed by atoms with Crippen LogP contribution in [0.3, 0.4) is 0 Å². The van der Waals surface area contributed by atoms with Gasteiger partial charge in [0.05, 0.1) is 6.54 Å². The summed E-state index contributed by atoms with van der Waals surface area (Å²) in [7, 11) is 0. The minimum Gasteiger partial charge on any atom is -0.352 e. The van der Waals surface area contributed by atoms with Crippen molar-refractivity contribution < 1.29 is 4.79 Å². The van der Waals surface area contributed by atoms with Gasteiger partial charge in [0.2, 0.25) is 5.91 Å².